The van der Waals surface area contributed by atoms with E-state index in [-0.39, 0.29) is 5.78 Å². The average molecular weight is 303 g/mol. The molecule has 0 heterocycles. The van der Waals surface area contributed by atoms with Crippen molar-refractivity contribution in [3.8, 4) is 0 Å². The molecule has 2 rings (SSSR count). The number of aryl methyl sites for hydroxylation is 3. The molecule has 2 heteroatoms. The molecule has 0 bridgehead atoms. The first-order valence-corrected chi connectivity index (χ1v) is 6.66. The van der Waals surface area contributed by atoms with Gasteiger partial charge in [0, 0.05) is 15.6 Å². The number of carbonyl (C=O) groups excluding carboxylic acids is 1. The van der Waals surface area contributed by atoms with Gasteiger partial charge < -0.3 is 0 Å². The van der Waals surface area contributed by atoms with Gasteiger partial charge in [-0.3, -0.25) is 4.79 Å². The van der Waals surface area contributed by atoms with Crippen LogP contribution < -0.4 is 0 Å². The molecular formula is C16H15BrO. The molecule has 0 radical (unpaired) electrons. The Morgan fingerprint density at radius 3 is 2.17 bits per heavy atom. The Morgan fingerprint density at radius 1 is 0.889 bits per heavy atom. The van der Waals surface area contributed by atoms with Gasteiger partial charge in [0.1, 0.15) is 0 Å². The van der Waals surface area contributed by atoms with Crippen LogP contribution in [0, 0.1) is 20.8 Å². The summed E-state index contributed by atoms with van der Waals surface area (Å²) in [4.78, 5) is 12.5. The minimum absolute atomic E-state index is 0.0723. The van der Waals surface area contributed by atoms with E-state index in [0.717, 1.165) is 26.7 Å². The maximum atomic E-state index is 12.5. The van der Waals surface area contributed by atoms with Crippen molar-refractivity contribution in [3.63, 3.8) is 0 Å². The van der Waals surface area contributed by atoms with Crippen LogP contribution in [-0.2, 0) is 0 Å². The molecule has 18 heavy (non-hydrogen) atoms. The van der Waals surface area contributed by atoms with Gasteiger partial charge in [0.15, 0.2) is 5.78 Å². The van der Waals surface area contributed by atoms with E-state index >= 15 is 0 Å². The fourth-order valence-electron chi connectivity index (χ4n) is 2.03. The maximum Gasteiger partial charge on any atom is 0.194 e. The molecule has 0 saturated carbocycles. The molecular weight excluding hydrogens is 288 g/mol. The first-order chi connectivity index (χ1) is 8.49. The van der Waals surface area contributed by atoms with Gasteiger partial charge in [-0.25, -0.2) is 0 Å². The van der Waals surface area contributed by atoms with Crippen molar-refractivity contribution in [1.82, 2.24) is 0 Å². The lowest BCUT2D eigenvalue weighted by atomic mass is 9.97. The van der Waals surface area contributed by atoms with Gasteiger partial charge in [-0.1, -0.05) is 51.3 Å². The SMILES string of the molecule is Cc1ccc(C(=O)c2cc(C)ccc2Br)c(C)c1. The Hall–Kier alpha value is -1.41. The smallest absolute Gasteiger partial charge is 0.194 e. The van der Waals surface area contributed by atoms with Gasteiger partial charge in [-0.15, -0.1) is 0 Å². The van der Waals surface area contributed by atoms with Crippen LogP contribution in [0.15, 0.2) is 40.9 Å². The summed E-state index contributed by atoms with van der Waals surface area (Å²) in [6.07, 6.45) is 0. The van der Waals surface area contributed by atoms with E-state index in [1.807, 2.05) is 57.2 Å². The summed E-state index contributed by atoms with van der Waals surface area (Å²) in [5.41, 5.74) is 4.78. The number of benzene rings is 2. The Bertz CT molecular complexity index is 614. The van der Waals surface area contributed by atoms with Gasteiger partial charge in [-0.2, -0.15) is 0 Å². The molecule has 2 aromatic carbocycles. The topological polar surface area (TPSA) is 17.1 Å². The van der Waals surface area contributed by atoms with E-state index in [0.29, 0.717) is 0 Å². The second-order valence-electron chi connectivity index (χ2n) is 4.63. The lowest BCUT2D eigenvalue weighted by Gasteiger charge is -2.08. The number of rotatable bonds is 2. The molecule has 1 nitrogen and oxygen atoms in total. The minimum atomic E-state index is 0.0723. The molecule has 0 aromatic heterocycles. The molecule has 0 aliphatic rings. The average Bonchev–Trinajstić information content (AvgIpc) is 2.31. The summed E-state index contributed by atoms with van der Waals surface area (Å²) in [5.74, 6) is 0.0723. The number of halogens is 1. The summed E-state index contributed by atoms with van der Waals surface area (Å²) in [6.45, 7) is 6.00. The molecule has 0 saturated heterocycles. The lowest BCUT2D eigenvalue weighted by Crippen LogP contribution is -2.05. The monoisotopic (exact) mass is 302 g/mol. The fourth-order valence-corrected chi connectivity index (χ4v) is 2.45. The van der Waals surface area contributed by atoms with Crippen molar-refractivity contribution in [2.45, 2.75) is 20.8 Å². The van der Waals surface area contributed by atoms with E-state index in [1.165, 1.54) is 5.56 Å². The Labute approximate surface area is 116 Å². The summed E-state index contributed by atoms with van der Waals surface area (Å²) in [6, 6.07) is 11.8. The van der Waals surface area contributed by atoms with Crippen molar-refractivity contribution in [1.29, 1.82) is 0 Å². The third-order valence-electron chi connectivity index (χ3n) is 2.99. The molecule has 92 valence electrons. The number of hydrogen-bond donors (Lipinski definition) is 0. The Kier molecular flexibility index (Phi) is 3.67. The van der Waals surface area contributed by atoms with Crippen LogP contribution in [-0.4, -0.2) is 5.78 Å². The molecule has 0 aliphatic carbocycles. The van der Waals surface area contributed by atoms with Crippen LogP contribution >= 0.6 is 15.9 Å². The molecule has 0 fully saturated rings. The highest BCUT2D eigenvalue weighted by molar-refractivity contribution is 9.10. The molecule has 0 aliphatic heterocycles. The third-order valence-corrected chi connectivity index (χ3v) is 3.68. The van der Waals surface area contributed by atoms with Crippen molar-refractivity contribution >= 4 is 21.7 Å². The minimum Gasteiger partial charge on any atom is -0.289 e. The predicted octanol–water partition coefficient (Wildman–Crippen LogP) is 4.61. The van der Waals surface area contributed by atoms with Gasteiger partial charge in [-0.05, 0) is 38.5 Å². The summed E-state index contributed by atoms with van der Waals surface area (Å²) in [7, 11) is 0. The highest BCUT2D eigenvalue weighted by Crippen LogP contribution is 2.23. The number of hydrogen-bond acceptors (Lipinski definition) is 1. The predicted molar refractivity (Wildman–Crippen MR) is 78.2 cm³/mol. The van der Waals surface area contributed by atoms with Crippen LogP contribution in [0.5, 0.6) is 0 Å². The quantitative estimate of drug-likeness (QED) is 0.741. The Balaban J connectivity index is 2.51. The normalized spacial score (nSPS) is 10.4. The van der Waals surface area contributed by atoms with Crippen LogP contribution in [0.4, 0.5) is 0 Å². The number of carbonyl (C=O) groups is 1. The van der Waals surface area contributed by atoms with Gasteiger partial charge in [0.05, 0.1) is 0 Å². The largest absolute Gasteiger partial charge is 0.289 e. The zero-order valence-corrected chi connectivity index (χ0v) is 12.3. The summed E-state index contributed by atoms with van der Waals surface area (Å²) < 4.78 is 0.845. The van der Waals surface area contributed by atoms with E-state index in [1.54, 1.807) is 0 Å². The second kappa shape index (κ2) is 5.07. The Morgan fingerprint density at radius 2 is 1.50 bits per heavy atom. The number of ketones is 1. The van der Waals surface area contributed by atoms with E-state index in [4.69, 9.17) is 0 Å². The lowest BCUT2D eigenvalue weighted by molar-refractivity contribution is 0.103. The highest BCUT2D eigenvalue weighted by Gasteiger charge is 2.14. The molecule has 0 atom stereocenters. The van der Waals surface area contributed by atoms with Gasteiger partial charge in [0.25, 0.3) is 0 Å². The van der Waals surface area contributed by atoms with Crippen LogP contribution in [0.1, 0.15) is 32.6 Å². The maximum absolute atomic E-state index is 12.5. The van der Waals surface area contributed by atoms with Crippen molar-refractivity contribution < 1.29 is 4.79 Å². The first-order valence-electron chi connectivity index (χ1n) is 5.87. The third kappa shape index (κ3) is 2.54. The first kappa shape index (κ1) is 13.0. The van der Waals surface area contributed by atoms with Crippen molar-refractivity contribution in [2.24, 2.45) is 0 Å². The standard InChI is InChI=1S/C16H15BrO/c1-10-4-6-13(12(3)8-10)16(18)14-9-11(2)5-7-15(14)17/h4-9H,1-3H3. The summed E-state index contributed by atoms with van der Waals surface area (Å²) >= 11 is 3.45. The molecule has 0 spiro atoms. The van der Waals surface area contributed by atoms with Crippen LogP contribution in [0.25, 0.3) is 0 Å². The second-order valence-corrected chi connectivity index (χ2v) is 5.49. The molecule has 0 unspecified atom stereocenters. The molecule has 0 amide bonds. The van der Waals surface area contributed by atoms with E-state index in [2.05, 4.69) is 15.9 Å². The van der Waals surface area contributed by atoms with Gasteiger partial charge in [0.2, 0.25) is 0 Å². The van der Waals surface area contributed by atoms with Gasteiger partial charge >= 0.3 is 0 Å². The van der Waals surface area contributed by atoms with Crippen LogP contribution in [0.2, 0.25) is 0 Å². The summed E-state index contributed by atoms with van der Waals surface area (Å²) in [5, 5.41) is 0. The van der Waals surface area contributed by atoms with E-state index < -0.39 is 0 Å². The fraction of sp³-hybridized carbons (Fsp3) is 0.188. The molecule has 0 N–H and O–H groups in total. The van der Waals surface area contributed by atoms with Crippen molar-refractivity contribution in [3.05, 3.63) is 68.7 Å². The highest BCUT2D eigenvalue weighted by atomic mass is 79.9. The zero-order valence-electron chi connectivity index (χ0n) is 10.8. The van der Waals surface area contributed by atoms with Crippen LogP contribution in [0.3, 0.4) is 0 Å². The molecule has 2 aromatic rings. The van der Waals surface area contributed by atoms with Crippen molar-refractivity contribution in [2.75, 3.05) is 0 Å². The van der Waals surface area contributed by atoms with E-state index in [9.17, 15) is 4.79 Å². The zero-order chi connectivity index (χ0) is 13.3.